The molecule has 0 saturated heterocycles. The molecule has 81 heavy (non-hydrogen) atoms. The molecule has 0 saturated carbocycles. The first-order valence-corrected chi connectivity index (χ1v) is 36.1. The van der Waals surface area contributed by atoms with Crippen LogP contribution in [0, 0.1) is 0 Å². The smallest absolute Gasteiger partial charge is 0.306 e. The van der Waals surface area contributed by atoms with E-state index in [2.05, 4.69) is 69.4 Å². The quantitative estimate of drug-likeness (QED) is 0.0261. The van der Waals surface area contributed by atoms with Gasteiger partial charge < -0.3 is 14.2 Å². The van der Waals surface area contributed by atoms with Gasteiger partial charge in [0.25, 0.3) is 0 Å². The highest BCUT2D eigenvalue weighted by Gasteiger charge is 2.19. The van der Waals surface area contributed by atoms with E-state index in [-0.39, 0.29) is 31.1 Å². The van der Waals surface area contributed by atoms with Crippen LogP contribution in [0.3, 0.4) is 0 Å². The van der Waals surface area contributed by atoms with E-state index in [9.17, 15) is 14.4 Å². The molecule has 6 nitrogen and oxygen atoms in total. The highest BCUT2D eigenvalue weighted by Crippen LogP contribution is 2.18. The molecule has 0 bridgehead atoms. The zero-order valence-corrected chi connectivity index (χ0v) is 54.6. The van der Waals surface area contributed by atoms with Crippen LogP contribution in [0.4, 0.5) is 0 Å². The summed E-state index contributed by atoms with van der Waals surface area (Å²) in [6, 6.07) is 0. The summed E-state index contributed by atoms with van der Waals surface area (Å²) in [5, 5.41) is 0. The van der Waals surface area contributed by atoms with Crippen molar-refractivity contribution >= 4 is 17.9 Å². The van der Waals surface area contributed by atoms with Gasteiger partial charge in [-0.3, -0.25) is 14.4 Å². The summed E-state index contributed by atoms with van der Waals surface area (Å²) < 4.78 is 17.0. The molecule has 0 aliphatic rings. The van der Waals surface area contributed by atoms with Crippen molar-refractivity contribution < 1.29 is 28.6 Å². The van der Waals surface area contributed by atoms with Crippen molar-refractivity contribution in [2.45, 2.75) is 399 Å². The Morgan fingerprint density at radius 2 is 0.444 bits per heavy atom. The Labute approximate surface area is 505 Å². The molecule has 474 valence electrons. The number of hydrogen-bond donors (Lipinski definition) is 0. The maximum atomic E-state index is 12.9. The van der Waals surface area contributed by atoms with Crippen molar-refractivity contribution in [1.29, 1.82) is 0 Å². The van der Waals surface area contributed by atoms with Crippen LogP contribution in [0.5, 0.6) is 0 Å². The molecular formula is C75H138O6. The molecule has 0 N–H and O–H groups in total. The predicted molar refractivity (Wildman–Crippen MR) is 353 cm³/mol. The van der Waals surface area contributed by atoms with Gasteiger partial charge in [-0.05, 0) is 103 Å². The molecule has 0 aromatic heterocycles. The van der Waals surface area contributed by atoms with E-state index in [1.807, 2.05) is 0 Å². The molecule has 0 amide bonds. The first kappa shape index (κ1) is 78.4. The number of allylic oxidation sites excluding steroid dienone is 8. The van der Waals surface area contributed by atoms with Gasteiger partial charge in [0, 0.05) is 19.3 Å². The molecule has 0 aliphatic heterocycles. The second-order valence-corrected chi connectivity index (χ2v) is 24.5. The van der Waals surface area contributed by atoms with Gasteiger partial charge >= 0.3 is 17.9 Å². The minimum atomic E-state index is -0.777. The Hall–Kier alpha value is -2.63. The molecule has 0 aromatic rings. The van der Waals surface area contributed by atoms with Gasteiger partial charge in [0.15, 0.2) is 6.10 Å². The van der Waals surface area contributed by atoms with Crippen LogP contribution in [0.1, 0.15) is 393 Å². The number of carbonyl (C=O) groups excluding carboxylic acids is 3. The number of esters is 3. The van der Waals surface area contributed by atoms with E-state index in [1.165, 1.54) is 283 Å². The molecule has 0 rings (SSSR count). The van der Waals surface area contributed by atoms with E-state index in [0.29, 0.717) is 19.3 Å². The first-order chi connectivity index (χ1) is 40.0. The Balaban J connectivity index is 4.12. The molecule has 1 atom stereocenters. The minimum Gasteiger partial charge on any atom is -0.462 e. The third-order valence-electron chi connectivity index (χ3n) is 16.3. The lowest BCUT2D eigenvalue weighted by atomic mass is 10.0. The van der Waals surface area contributed by atoms with Gasteiger partial charge in [-0.2, -0.15) is 0 Å². The average molecular weight is 1140 g/mol. The Bertz CT molecular complexity index is 1400. The van der Waals surface area contributed by atoms with Crippen molar-refractivity contribution in [1.82, 2.24) is 0 Å². The van der Waals surface area contributed by atoms with Crippen molar-refractivity contribution in [3.05, 3.63) is 48.6 Å². The number of hydrogen-bond acceptors (Lipinski definition) is 6. The summed E-state index contributed by atoms with van der Waals surface area (Å²) >= 11 is 0. The summed E-state index contributed by atoms with van der Waals surface area (Å²) in [5.41, 5.74) is 0. The molecule has 6 heteroatoms. The van der Waals surface area contributed by atoms with Crippen LogP contribution in [0.2, 0.25) is 0 Å². The number of rotatable bonds is 67. The summed E-state index contributed by atoms with van der Waals surface area (Å²) in [6.45, 7) is 6.66. The third-order valence-corrected chi connectivity index (χ3v) is 16.3. The van der Waals surface area contributed by atoms with Gasteiger partial charge in [-0.25, -0.2) is 0 Å². The lowest BCUT2D eigenvalue weighted by molar-refractivity contribution is -0.167. The second kappa shape index (κ2) is 69.9. The normalized spacial score (nSPS) is 12.3. The highest BCUT2D eigenvalue weighted by atomic mass is 16.6. The van der Waals surface area contributed by atoms with Gasteiger partial charge in [0.05, 0.1) is 0 Å². The minimum absolute atomic E-state index is 0.0729. The molecule has 1 unspecified atom stereocenters. The largest absolute Gasteiger partial charge is 0.462 e. The third kappa shape index (κ3) is 68.0. The molecule has 0 aliphatic carbocycles. The van der Waals surface area contributed by atoms with Crippen LogP contribution in [0.15, 0.2) is 48.6 Å². The molecule has 0 radical (unpaired) electrons. The Morgan fingerprint density at radius 1 is 0.247 bits per heavy atom. The van der Waals surface area contributed by atoms with Crippen LogP contribution in [-0.2, 0) is 28.6 Å². The fraction of sp³-hybridized carbons (Fsp3) is 0.853. The maximum absolute atomic E-state index is 12.9. The van der Waals surface area contributed by atoms with Crippen LogP contribution < -0.4 is 0 Å². The van der Waals surface area contributed by atoms with E-state index in [0.717, 1.165) is 70.6 Å². The van der Waals surface area contributed by atoms with E-state index in [1.54, 1.807) is 0 Å². The number of carbonyl (C=O) groups is 3. The maximum Gasteiger partial charge on any atom is 0.306 e. The van der Waals surface area contributed by atoms with Crippen molar-refractivity contribution in [2.75, 3.05) is 13.2 Å². The zero-order valence-electron chi connectivity index (χ0n) is 54.6. The Morgan fingerprint density at radius 3 is 0.704 bits per heavy atom. The fourth-order valence-electron chi connectivity index (χ4n) is 10.8. The summed E-state index contributed by atoms with van der Waals surface area (Å²) in [4.78, 5) is 38.4. The zero-order chi connectivity index (χ0) is 58.5. The highest BCUT2D eigenvalue weighted by molar-refractivity contribution is 5.71. The molecule has 0 fully saturated rings. The van der Waals surface area contributed by atoms with Crippen molar-refractivity contribution in [3.8, 4) is 0 Å². The van der Waals surface area contributed by atoms with E-state index in [4.69, 9.17) is 14.2 Å². The number of ether oxygens (including phenoxy) is 3. The molecular weight excluding hydrogens is 997 g/mol. The summed E-state index contributed by atoms with van der Waals surface area (Å²) in [5.74, 6) is -0.862. The lowest BCUT2D eigenvalue weighted by Gasteiger charge is -2.18. The molecule has 0 heterocycles. The van der Waals surface area contributed by atoms with Crippen molar-refractivity contribution in [2.24, 2.45) is 0 Å². The predicted octanol–water partition coefficient (Wildman–Crippen LogP) is 24.9. The first-order valence-electron chi connectivity index (χ1n) is 36.1. The Kier molecular flexibility index (Phi) is 67.6. The summed E-state index contributed by atoms with van der Waals surface area (Å²) in [7, 11) is 0. The monoisotopic (exact) mass is 1140 g/mol. The second-order valence-electron chi connectivity index (χ2n) is 24.5. The summed E-state index contributed by atoms with van der Waals surface area (Å²) in [6.07, 6.45) is 88.7. The SMILES string of the molecule is CCCCCC/C=C\CCCCCCCC(=O)OCC(COC(=O)CCCCCCCCCCCCCCCCCCCCCCC/C=C\C/C=C\CCCCCCC)OC(=O)CCCCCCCCC/C=C\CCCCCCCC. The fourth-order valence-corrected chi connectivity index (χ4v) is 10.8. The van der Waals surface area contributed by atoms with Gasteiger partial charge in [0.1, 0.15) is 13.2 Å². The molecule has 0 aromatic carbocycles. The van der Waals surface area contributed by atoms with E-state index < -0.39 is 6.10 Å². The molecule has 0 spiro atoms. The van der Waals surface area contributed by atoms with Gasteiger partial charge in [-0.1, -0.05) is 320 Å². The average Bonchev–Trinajstić information content (AvgIpc) is 3.46. The van der Waals surface area contributed by atoms with Gasteiger partial charge in [-0.15, -0.1) is 0 Å². The van der Waals surface area contributed by atoms with Crippen LogP contribution in [0.25, 0.3) is 0 Å². The lowest BCUT2D eigenvalue weighted by Crippen LogP contribution is -2.30. The van der Waals surface area contributed by atoms with E-state index >= 15 is 0 Å². The standard InChI is InChI=1S/C75H138O6/c1-4-7-10-13-16-19-22-25-27-29-30-31-32-33-34-35-36-37-38-39-40-41-42-43-44-46-47-50-53-56-59-62-65-68-74(77)80-71-72(70-79-73(76)67-64-61-58-55-52-49-24-21-18-15-12-9-6-3)81-75(78)69-66-63-60-57-54-51-48-45-28-26-23-20-17-14-11-8-5-2/h21-22,24-26,28-30,72H,4-20,23,27,31-71H2,1-3H3/b24-21-,25-22-,28-26-,30-29-. The number of unbranched alkanes of at least 4 members (excludes halogenated alkanes) is 48. The van der Waals surface area contributed by atoms with Crippen LogP contribution in [-0.4, -0.2) is 37.2 Å². The van der Waals surface area contributed by atoms with Crippen molar-refractivity contribution in [3.63, 3.8) is 0 Å². The van der Waals surface area contributed by atoms with Gasteiger partial charge in [0.2, 0.25) is 0 Å². The van der Waals surface area contributed by atoms with Crippen LogP contribution >= 0.6 is 0 Å². The topological polar surface area (TPSA) is 78.9 Å².